The molecule has 1 amide bonds. The average molecular weight is 331 g/mol. The van der Waals surface area contributed by atoms with Crippen LogP contribution in [0.3, 0.4) is 0 Å². The maximum Gasteiger partial charge on any atom is 0.238 e. The fourth-order valence-corrected chi connectivity index (χ4v) is 3.10. The van der Waals surface area contributed by atoms with Gasteiger partial charge in [-0.2, -0.15) is 0 Å². The van der Waals surface area contributed by atoms with Gasteiger partial charge in [0.15, 0.2) is 0 Å². The van der Waals surface area contributed by atoms with Crippen LogP contribution in [-0.2, 0) is 11.3 Å². The van der Waals surface area contributed by atoms with Gasteiger partial charge in [-0.1, -0.05) is 22.0 Å². The summed E-state index contributed by atoms with van der Waals surface area (Å²) in [5, 5.41) is 2.11. The van der Waals surface area contributed by atoms with Crippen LogP contribution >= 0.6 is 27.3 Å². The highest BCUT2D eigenvalue weighted by Crippen LogP contribution is 2.21. The zero-order valence-electron chi connectivity index (χ0n) is 10.9. The molecule has 3 nitrogen and oxygen atoms in total. The molecule has 0 saturated carbocycles. The first-order valence-electron chi connectivity index (χ1n) is 6.20. The number of nitrogens with zero attached hydrogens (tertiary/aromatic N) is 2. The molecule has 1 aromatic heterocycles. The normalized spacial score (nSPS) is 18.1. The lowest BCUT2D eigenvalue weighted by Gasteiger charge is -2.37. The maximum atomic E-state index is 12.1. The first kappa shape index (κ1) is 14.0. The van der Waals surface area contributed by atoms with E-state index < -0.39 is 4.32 Å². The van der Waals surface area contributed by atoms with Gasteiger partial charge in [0.05, 0.1) is 4.32 Å². The number of hydrogen-bond acceptors (Lipinski definition) is 3. The van der Waals surface area contributed by atoms with Crippen LogP contribution in [0.15, 0.2) is 17.5 Å². The summed E-state index contributed by atoms with van der Waals surface area (Å²) in [6.45, 7) is 8.43. The Labute approximate surface area is 121 Å². The van der Waals surface area contributed by atoms with Crippen molar-refractivity contribution in [3.63, 3.8) is 0 Å². The summed E-state index contributed by atoms with van der Waals surface area (Å²) in [7, 11) is 0. The Hall–Kier alpha value is -0.390. The molecule has 2 heterocycles. The van der Waals surface area contributed by atoms with Crippen LogP contribution in [0.2, 0.25) is 0 Å². The highest BCUT2D eigenvalue weighted by molar-refractivity contribution is 9.10. The predicted molar refractivity (Wildman–Crippen MR) is 79.2 cm³/mol. The number of rotatable bonds is 3. The second kappa shape index (κ2) is 5.72. The number of thiophene rings is 1. The minimum Gasteiger partial charge on any atom is -0.339 e. The number of halogens is 1. The molecule has 0 N–H and O–H groups in total. The highest BCUT2D eigenvalue weighted by Gasteiger charge is 2.31. The van der Waals surface area contributed by atoms with Crippen molar-refractivity contribution >= 4 is 33.2 Å². The van der Waals surface area contributed by atoms with Gasteiger partial charge in [0.25, 0.3) is 0 Å². The molecule has 0 spiro atoms. The third-order valence-corrected chi connectivity index (χ3v) is 4.33. The van der Waals surface area contributed by atoms with Gasteiger partial charge < -0.3 is 4.90 Å². The summed E-state index contributed by atoms with van der Waals surface area (Å²) in [6, 6.07) is 4.26. The van der Waals surface area contributed by atoms with E-state index in [1.165, 1.54) is 4.88 Å². The van der Waals surface area contributed by atoms with Crippen molar-refractivity contribution < 1.29 is 4.79 Å². The number of amides is 1. The Morgan fingerprint density at radius 3 is 2.56 bits per heavy atom. The van der Waals surface area contributed by atoms with Crippen molar-refractivity contribution in [2.24, 2.45) is 0 Å². The Kier molecular flexibility index (Phi) is 4.45. The second-order valence-electron chi connectivity index (χ2n) is 5.12. The lowest BCUT2D eigenvalue weighted by molar-refractivity contribution is -0.134. The summed E-state index contributed by atoms with van der Waals surface area (Å²) < 4.78 is -0.442. The monoisotopic (exact) mass is 330 g/mol. The van der Waals surface area contributed by atoms with E-state index in [9.17, 15) is 4.79 Å². The number of alkyl halides is 1. The molecule has 1 aliphatic rings. The van der Waals surface area contributed by atoms with Gasteiger partial charge in [-0.25, -0.2) is 0 Å². The van der Waals surface area contributed by atoms with Gasteiger partial charge in [-0.15, -0.1) is 11.3 Å². The van der Waals surface area contributed by atoms with Gasteiger partial charge in [0, 0.05) is 37.6 Å². The van der Waals surface area contributed by atoms with Crippen molar-refractivity contribution in [2.45, 2.75) is 24.7 Å². The zero-order chi connectivity index (χ0) is 13.2. The van der Waals surface area contributed by atoms with E-state index in [-0.39, 0.29) is 5.91 Å². The quantitative estimate of drug-likeness (QED) is 0.795. The lowest BCUT2D eigenvalue weighted by Crippen LogP contribution is -2.52. The molecule has 0 aliphatic carbocycles. The highest BCUT2D eigenvalue weighted by atomic mass is 79.9. The molecule has 100 valence electrons. The average Bonchev–Trinajstić information content (AvgIpc) is 2.81. The second-order valence-corrected chi connectivity index (χ2v) is 8.13. The van der Waals surface area contributed by atoms with Crippen molar-refractivity contribution in [1.82, 2.24) is 9.80 Å². The number of carbonyl (C=O) groups excluding carboxylic acids is 1. The SMILES string of the molecule is CC(C)(Br)C(=O)N1CCN(Cc2cccs2)CC1. The molecule has 1 aliphatic heterocycles. The molecular weight excluding hydrogens is 312 g/mol. The largest absolute Gasteiger partial charge is 0.339 e. The molecule has 0 aromatic carbocycles. The maximum absolute atomic E-state index is 12.1. The molecule has 0 radical (unpaired) electrons. The van der Waals surface area contributed by atoms with Gasteiger partial charge in [-0.3, -0.25) is 9.69 Å². The Morgan fingerprint density at radius 2 is 2.06 bits per heavy atom. The third kappa shape index (κ3) is 3.56. The fourth-order valence-electron chi connectivity index (χ4n) is 2.11. The smallest absolute Gasteiger partial charge is 0.238 e. The first-order valence-corrected chi connectivity index (χ1v) is 7.87. The van der Waals surface area contributed by atoms with Gasteiger partial charge in [-0.05, 0) is 25.3 Å². The van der Waals surface area contributed by atoms with Crippen LogP contribution in [0.5, 0.6) is 0 Å². The molecular formula is C13H19BrN2OS. The van der Waals surface area contributed by atoms with E-state index in [1.807, 2.05) is 18.7 Å². The number of hydrogen-bond donors (Lipinski definition) is 0. The third-order valence-electron chi connectivity index (χ3n) is 3.13. The standard InChI is InChI=1S/C13H19BrN2OS/c1-13(2,14)12(17)16-7-5-15(6-8-16)10-11-4-3-9-18-11/h3-4,9H,5-8,10H2,1-2H3. The van der Waals surface area contributed by atoms with E-state index in [4.69, 9.17) is 0 Å². The van der Waals surface area contributed by atoms with E-state index in [0.717, 1.165) is 32.7 Å². The van der Waals surface area contributed by atoms with E-state index in [1.54, 1.807) is 11.3 Å². The van der Waals surface area contributed by atoms with Gasteiger partial charge >= 0.3 is 0 Å². The zero-order valence-corrected chi connectivity index (χ0v) is 13.3. The van der Waals surface area contributed by atoms with Gasteiger partial charge in [0.1, 0.15) is 0 Å². The molecule has 0 atom stereocenters. The van der Waals surface area contributed by atoms with Crippen LogP contribution in [0, 0.1) is 0 Å². The minimum atomic E-state index is -0.442. The van der Waals surface area contributed by atoms with Crippen molar-refractivity contribution in [3.05, 3.63) is 22.4 Å². The van der Waals surface area contributed by atoms with Crippen LogP contribution in [0.25, 0.3) is 0 Å². The Morgan fingerprint density at radius 1 is 1.39 bits per heavy atom. The molecule has 5 heteroatoms. The minimum absolute atomic E-state index is 0.193. The molecule has 18 heavy (non-hydrogen) atoms. The Bertz CT molecular complexity index is 392. The van der Waals surface area contributed by atoms with Gasteiger partial charge in [0.2, 0.25) is 5.91 Å². The topological polar surface area (TPSA) is 23.6 Å². The predicted octanol–water partition coefficient (Wildman–Crippen LogP) is 2.57. The summed E-state index contributed by atoms with van der Waals surface area (Å²) >= 11 is 5.24. The molecule has 1 fully saturated rings. The van der Waals surface area contributed by atoms with E-state index >= 15 is 0 Å². The lowest BCUT2D eigenvalue weighted by atomic mass is 10.1. The number of piperazine rings is 1. The van der Waals surface area contributed by atoms with Crippen molar-refractivity contribution in [2.75, 3.05) is 26.2 Å². The van der Waals surface area contributed by atoms with E-state index in [0.29, 0.717) is 0 Å². The molecule has 0 unspecified atom stereocenters. The molecule has 0 bridgehead atoms. The summed E-state index contributed by atoms with van der Waals surface area (Å²) in [4.78, 5) is 17.9. The molecule has 1 saturated heterocycles. The molecule has 2 rings (SSSR count). The fraction of sp³-hybridized carbons (Fsp3) is 0.615. The summed E-state index contributed by atoms with van der Waals surface area (Å²) in [5.41, 5.74) is 0. The summed E-state index contributed by atoms with van der Waals surface area (Å²) in [5.74, 6) is 0.193. The van der Waals surface area contributed by atoms with E-state index in [2.05, 4.69) is 38.3 Å². The first-order chi connectivity index (χ1) is 8.47. The Balaban J connectivity index is 1.83. The van der Waals surface area contributed by atoms with Crippen molar-refractivity contribution in [3.8, 4) is 0 Å². The van der Waals surface area contributed by atoms with Crippen LogP contribution in [-0.4, -0.2) is 46.2 Å². The number of carbonyl (C=O) groups is 1. The van der Waals surface area contributed by atoms with Crippen molar-refractivity contribution in [1.29, 1.82) is 0 Å². The summed E-state index contributed by atoms with van der Waals surface area (Å²) in [6.07, 6.45) is 0. The van der Waals surface area contributed by atoms with Crippen LogP contribution in [0.1, 0.15) is 18.7 Å². The molecule has 1 aromatic rings. The van der Waals surface area contributed by atoms with Crippen LogP contribution < -0.4 is 0 Å². The van der Waals surface area contributed by atoms with Crippen LogP contribution in [0.4, 0.5) is 0 Å².